The van der Waals surface area contributed by atoms with Crippen molar-refractivity contribution in [2.24, 2.45) is 10.4 Å². The van der Waals surface area contributed by atoms with Crippen LogP contribution >= 0.6 is 0 Å². The van der Waals surface area contributed by atoms with Crippen LogP contribution in [0.2, 0.25) is 0 Å². The van der Waals surface area contributed by atoms with Gasteiger partial charge in [0, 0.05) is 23.7 Å². The molecule has 1 rings (SSSR count). The Bertz CT molecular complexity index is 259. The van der Waals surface area contributed by atoms with Gasteiger partial charge < -0.3 is 5.32 Å². The summed E-state index contributed by atoms with van der Waals surface area (Å²) in [6.45, 7) is 6.27. The Kier molecular flexibility index (Phi) is 2.86. The highest BCUT2D eigenvalue weighted by atomic mass is 16.2. The molecule has 1 heterocycles. The molecule has 0 unspecified atom stereocenters. The second kappa shape index (κ2) is 3.73. The molecule has 0 atom stereocenters. The molecule has 0 radical (unpaired) electrons. The maximum Gasteiger partial charge on any atom is 0.225 e. The lowest BCUT2D eigenvalue weighted by atomic mass is 9.96. The second-order valence-corrected chi connectivity index (χ2v) is 4.22. The number of nitrogens with zero attached hydrogens (tertiary/aromatic N) is 1. The Morgan fingerprint density at radius 3 is 2.77 bits per heavy atom. The third-order valence-corrected chi connectivity index (χ3v) is 1.85. The van der Waals surface area contributed by atoms with Crippen LogP contribution in [0.5, 0.6) is 0 Å². The highest BCUT2D eigenvalue weighted by molar-refractivity contribution is 5.93. The Hall–Kier alpha value is -1.12. The van der Waals surface area contributed by atoms with Crippen molar-refractivity contribution in [2.45, 2.75) is 27.2 Å². The summed E-state index contributed by atoms with van der Waals surface area (Å²) in [7, 11) is 0. The molecule has 1 N–H and O–H groups in total. The van der Waals surface area contributed by atoms with Crippen LogP contribution in [0.15, 0.2) is 17.3 Å². The molecular formula is C10H16N2O. The van der Waals surface area contributed by atoms with Gasteiger partial charge in [-0.25, -0.2) is 0 Å². The van der Waals surface area contributed by atoms with E-state index in [0.29, 0.717) is 6.54 Å². The van der Waals surface area contributed by atoms with E-state index in [9.17, 15) is 4.79 Å². The van der Waals surface area contributed by atoms with Crippen molar-refractivity contribution >= 4 is 11.6 Å². The van der Waals surface area contributed by atoms with Crippen molar-refractivity contribution in [2.75, 3.05) is 6.54 Å². The minimum Gasteiger partial charge on any atom is -0.350 e. The first kappa shape index (κ1) is 9.96. The molecule has 0 aliphatic carbocycles. The average Bonchev–Trinajstić information content (AvgIpc) is 2.50. The molecule has 1 amide bonds. The molecule has 3 nitrogen and oxygen atoms in total. The molecule has 3 heteroatoms. The summed E-state index contributed by atoms with van der Waals surface area (Å²) in [6, 6.07) is 0. The van der Waals surface area contributed by atoms with Crippen LogP contribution in [0.1, 0.15) is 27.2 Å². The monoisotopic (exact) mass is 180 g/mol. The lowest BCUT2D eigenvalue weighted by molar-refractivity contribution is -0.128. The maximum absolute atomic E-state index is 11.4. The van der Waals surface area contributed by atoms with Gasteiger partial charge in [-0.15, -0.1) is 0 Å². The third kappa shape index (κ3) is 3.01. The van der Waals surface area contributed by atoms with E-state index in [1.807, 2.05) is 26.8 Å². The van der Waals surface area contributed by atoms with Gasteiger partial charge in [0.05, 0.1) is 6.54 Å². The van der Waals surface area contributed by atoms with Crippen LogP contribution in [-0.4, -0.2) is 18.2 Å². The molecule has 13 heavy (non-hydrogen) atoms. The van der Waals surface area contributed by atoms with Crippen molar-refractivity contribution < 1.29 is 4.79 Å². The maximum atomic E-state index is 11.4. The number of carbonyl (C=O) groups excluding carboxylic acids is 1. The first-order valence-corrected chi connectivity index (χ1v) is 4.49. The molecule has 0 bridgehead atoms. The van der Waals surface area contributed by atoms with Gasteiger partial charge in [-0.05, 0) is 0 Å². The van der Waals surface area contributed by atoms with Gasteiger partial charge in [0.25, 0.3) is 0 Å². The summed E-state index contributed by atoms with van der Waals surface area (Å²) in [5.74, 6) is 0.0714. The third-order valence-electron chi connectivity index (χ3n) is 1.85. The molecule has 0 fully saturated rings. The summed E-state index contributed by atoms with van der Waals surface area (Å²) in [5, 5.41) is 2.85. The van der Waals surface area contributed by atoms with Gasteiger partial charge in [-0.2, -0.15) is 0 Å². The summed E-state index contributed by atoms with van der Waals surface area (Å²) >= 11 is 0. The molecule has 0 saturated carbocycles. The molecule has 0 aromatic carbocycles. The SMILES string of the molecule is CC(C)(C)C(=O)NCC1=NC=CC1. The van der Waals surface area contributed by atoms with Gasteiger partial charge in [0.15, 0.2) is 0 Å². The Morgan fingerprint density at radius 2 is 2.31 bits per heavy atom. The molecule has 0 saturated heterocycles. The fraction of sp³-hybridized carbons (Fsp3) is 0.600. The summed E-state index contributed by atoms with van der Waals surface area (Å²) < 4.78 is 0. The predicted octanol–water partition coefficient (Wildman–Crippen LogP) is 1.51. The Balaban J connectivity index is 2.31. The molecule has 72 valence electrons. The Labute approximate surface area is 78.9 Å². The molecule has 0 spiro atoms. The van der Waals surface area contributed by atoms with Crippen molar-refractivity contribution in [3.05, 3.63) is 12.3 Å². The summed E-state index contributed by atoms with van der Waals surface area (Å²) in [6.07, 6.45) is 4.63. The zero-order valence-corrected chi connectivity index (χ0v) is 8.42. The van der Waals surface area contributed by atoms with Gasteiger partial charge >= 0.3 is 0 Å². The number of nitrogens with one attached hydrogen (secondary N) is 1. The van der Waals surface area contributed by atoms with Gasteiger partial charge in [0.1, 0.15) is 0 Å². The van der Waals surface area contributed by atoms with E-state index in [-0.39, 0.29) is 11.3 Å². The zero-order chi connectivity index (χ0) is 9.90. The van der Waals surface area contributed by atoms with Gasteiger partial charge in [-0.1, -0.05) is 26.8 Å². The molecule has 1 aliphatic heterocycles. The van der Waals surface area contributed by atoms with Crippen LogP contribution in [0.4, 0.5) is 0 Å². The normalized spacial score (nSPS) is 15.8. The minimum absolute atomic E-state index is 0.0714. The lowest BCUT2D eigenvalue weighted by Crippen LogP contribution is -2.37. The van der Waals surface area contributed by atoms with E-state index < -0.39 is 0 Å². The minimum atomic E-state index is -0.313. The van der Waals surface area contributed by atoms with E-state index in [1.54, 1.807) is 6.20 Å². The van der Waals surface area contributed by atoms with Gasteiger partial charge in [-0.3, -0.25) is 9.79 Å². The van der Waals surface area contributed by atoms with Crippen molar-refractivity contribution in [1.29, 1.82) is 0 Å². The average molecular weight is 180 g/mol. The first-order chi connectivity index (χ1) is 6.00. The summed E-state index contributed by atoms with van der Waals surface area (Å²) in [4.78, 5) is 15.5. The smallest absolute Gasteiger partial charge is 0.225 e. The van der Waals surface area contributed by atoms with Crippen molar-refractivity contribution in [3.63, 3.8) is 0 Å². The quantitative estimate of drug-likeness (QED) is 0.687. The number of hydrogen-bond donors (Lipinski definition) is 1. The van der Waals surface area contributed by atoms with E-state index in [2.05, 4.69) is 10.3 Å². The van der Waals surface area contributed by atoms with Crippen LogP contribution < -0.4 is 5.32 Å². The van der Waals surface area contributed by atoms with Crippen LogP contribution in [0.3, 0.4) is 0 Å². The van der Waals surface area contributed by atoms with Crippen LogP contribution in [0, 0.1) is 5.41 Å². The largest absolute Gasteiger partial charge is 0.350 e. The van der Waals surface area contributed by atoms with Crippen molar-refractivity contribution in [3.8, 4) is 0 Å². The van der Waals surface area contributed by atoms with E-state index >= 15 is 0 Å². The van der Waals surface area contributed by atoms with E-state index in [0.717, 1.165) is 12.1 Å². The van der Waals surface area contributed by atoms with Crippen LogP contribution in [0.25, 0.3) is 0 Å². The number of hydrogen-bond acceptors (Lipinski definition) is 2. The topological polar surface area (TPSA) is 41.5 Å². The molecule has 1 aliphatic rings. The van der Waals surface area contributed by atoms with E-state index in [1.165, 1.54) is 0 Å². The molecule has 0 aromatic rings. The van der Waals surface area contributed by atoms with E-state index in [4.69, 9.17) is 0 Å². The molecular weight excluding hydrogens is 164 g/mol. The number of amides is 1. The van der Waals surface area contributed by atoms with Crippen LogP contribution in [-0.2, 0) is 4.79 Å². The lowest BCUT2D eigenvalue weighted by Gasteiger charge is -2.17. The molecule has 0 aromatic heterocycles. The fourth-order valence-electron chi connectivity index (χ4n) is 0.965. The number of allylic oxidation sites excluding steroid dienone is 1. The Morgan fingerprint density at radius 1 is 1.62 bits per heavy atom. The highest BCUT2D eigenvalue weighted by Crippen LogP contribution is 2.12. The number of rotatable bonds is 2. The number of aliphatic imine (C=N–C) groups is 1. The fourth-order valence-corrected chi connectivity index (χ4v) is 0.965. The van der Waals surface area contributed by atoms with Gasteiger partial charge in [0.2, 0.25) is 5.91 Å². The highest BCUT2D eigenvalue weighted by Gasteiger charge is 2.20. The number of carbonyl (C=O) groups is 1. The summed E-state index contributed by atoms with van der Waals surface area (Å²) in [5.41, 5.74) is 0.713. The second-order valence-electron chi connectivity index (χ2n) is 4.22. The predicted molar refractivity (Wildman–Crippen MR) is 53.7 cm³/mol. The standard InChI is InChI=1S/C10H16N2O/c1-10(2,3)9(13)12-7-8-5-4-6-11-8/h4,6H,5,7H2,1-3H3,(H,12,13). The van der Waals surface area contributed by atoms with Crippen molar-refractivity contribution in [1.82, 2.24) is 5.32 Å². The zero-order valence-electron chi connectivity index (χ0n) is 8.42. The first-order valence-electron chi connectivity index (χ1n) is 4.49.